The number of aromatic nitrogens is 1. The molecule has 0 unspecified atom stereocenters. The van der Waals surface area contributed by atoms with E-state index in [1.54, 1.807) is 12.3 Å². The third kappa shape index (κ3) is 5.51. The summed E-state index contributed by atoms with van der Waals surface area (Å²) in [6, 6.07) is 5.74. The molecular formula is C24H33N3O3. The molecule has 30 heavy (non-hydrogen) atoms. The Morgan fingerprint density at radius 1 is 1.03 bits per heavy atom. The number of ether oxygens (including phenoxy) is 1. The van der Waals surface area contributed by atoms with E-state index in [2.05, 4.69) is 22.3 Å². The predicted molar refractivity (Wildman–Crippen MR) is 120 cm³/mol. The Balaban J connectivity index is 1.82. The molecule has 1 aromatic carbocycles. The monoisotopic (exact) mass is 411 g/mol. The fraction of sp³-hybridized carbons (Fsp3) is 0.500. The fourth-order valence-corrected chi connectivity index (χ4v) is 4.26. The topological polar surface area (TPSA) is 63.6 Å². The average molecular weight is 412 g/mol. The van der Waals surface area contributed by atoms with Gasteiger partial charge in [0, 0.05) is 24.0 Å². The summed E-state index contributed by atoms with van der Waals surface area (Å²) in [6.07, 6.45) is 6.51. The molecule has 162 valence electrons. The van der Waals surface area contributed by atoms with E-state index in [4.69, 9.17) is 4.74 Å². The Morgan fingerprint density at radius 2 is 1.67 bits per heavy atom. The van der Waals surface area contributed by atoms with E-state index in [1.807, 2.05) is 25.3 Å². The number of aryl methyl sites for hydroxylation is 3. The number of methoxy groups -OCH3 is 1. The van der Waals surface area contributed by atoms with Crippen LogP contribution in [0.1, 0.15) is 48.1 Å². The number of nitrogens with one attached hydrogen (secondary N) is 1. The summed E-state index contributed by atoms with van der Waals surface area (Å²) in [4.78, 5) is 27.6. The number of hydrogen-bond acceptors (Lipinski definition) is 4. The maximum absolute atomic E-state index is 12.9. The Hall–Kier alpha value is -2.60. The molecule has 1 amide bonds. The van der Waals surface area contributed by atoms with Gasteiger partial charge in [0.15, 0.2) is 5.75 Å². The Bertz CT molecular complexity index is 934. The first-order valence-corrected chi connectivity index (χ1v) is 10.7. The molecule has 0 saturated carbocycles. The first-order valence-electron chi connectivity index (χ1n) is 10.7. The number of nitrogens with zero attached hydrogens (tertiary/aromatic N) is 2. The highest BCUT2D eigenvalue weighted by atomic mass is 16.5. The highest BCUT2D eigenvalue weighted by Gasteiger charge is 2.16. The van der Waals surface area contributed by atoms with Crippen LogP contribution in [0.3, 0.4) is 0 Å². The van der Waals surface area contributed by atoms with Crippen LogP contribution in [0.25, 0.3) is 0 Å². The molecule has 0 bridgehead atoms. The molecule has 1 saturated heterocycles. The van der Waals surface area contributed by atoms with Gasteiger partial charge in [0.25, 0.3) is 0 Å². The molecule has 3 rings (SSSR count). The summed E-state index contributed by atoms with van der Waals surface area (Å²) in [6.45, 7) is 8.89. The lowest BCUT2D eigenvalue weighted by Gasteiger charge is -2.23. The molecule has 1 aliphatic heterocycles. The number of carbonyl (C=O) groups excluding carboxylic acids is 1. The van der Waals surface area contributed by atoms with Gasteiger partial charge in [-0.25, -0.2) is 0 Å². The number of likely N-dealkylation sites (tertiary alicyclic amines) is 1. The number of rotatable bonds is 6. The van der Waals surface area contributed by atoms with Crippen LogP contribution in [0.2, 0.25) is 0 Å². The summed E-state index contributed by atoms with van der Waals surface area (Å²) in [7, 11) is 1.48. The zero-order valence-electron chi connectivity index (χ0n) is 18.6. The smallest absolute Gasteiger partial charge is 0.244 e. The first-order chi connectivity index (χ1) is 14.4. The van der Waals surface area contributed by atoms with Crippen molar-refractivity contribution in [3.05, 3.63) is 57.0 Å². The maximum atomic E-state index is 12.9. The van der Waals surface area contributed by atoms with E-state index >= 15 is 0 Å². The van der Waals surface area contributed by atoms with Crippen molar-refractivity contribution >= 4 is 11.6 Å². The molecule has 6 nitrogen and oxygen atoms in total. The number of carbonyl (C=O) groups is 1. The van der Waals surface area contributed by atoms with Crippen molar-refractivity contribution in [2.24, 2.45) is 0 Å². The normalized spacial score (nSPS) is 14.9. The summed E-state index contributed by atoms with van der Waals surface area (Å²) >= 11 is 0. The molecule has 2 heterocycles. The second-order valence-corrected chi connectivity index (χ2v) is 8.34. The molecular weight excluding hydrogens is 378 g/mol. The van der Waals surface area contributed by atoms with Gasteiger partial charge in [-0.2, -0.15) is 0 Å². The van der Waals surface area contributed by atoms with E-state index < -0.39 is 0 Å². The van der Waals surface area contributed by atoms with E-state index in [1.165, 1.54) is 38.4 Å². The molecule has 2 aromatic rings. The average Bonchev–Trinajstić information content (AvgIpc) is 2.95. The summed E-state index contributed by atoms with van der Waals surface area (Å²) in [5.74, 6) is 0.137. The van der Waals surface area contributed by atoms with E-state index in [0.29, 0.717) is 6.54 Å². The minimum Gasteiger partial charge on any atom is -0.491 e. The van der Waals surface area contributed by atoms with Gasteiger partial charge in [-0.15, -0.1) is 0 Å². The van der Waals surface area contributed by atoms with Crippen LogP contribution in [0.5, 0.6) is 5.75 Å². The van der Waals surface area contributed by atoms with Gasteiger partial charge < -0.3 is 14.6 Å². The van der Waals surface area contributed by atoms with Crippen molar-refractivity contribution in [1.29, 1.82) is 0 Å². The molecule has 1 fully saturated rings. The SMILES string of the molecule is COc1cn(CC(=O)Nc2c(C)cc(C)cc2C)c(CN2CCCCCC2)cc1=O. The van der Waals surface area contributed by atoms with Crippen molar-refractivity contribution < 1.29 is 9.53 Å². The van der Waals surface area contributed by atoms with Crippen molar-refractivity contribution in [3.63, 3.8) is 0 Å². The van der Waals surface area contributed by atoms with Crippen LogP contribution in [-0.4, -0.2) is 35.6 Å². The van der Waals surface area contributed by atoms with Gasteiger partial charge >= 0.3 is 0 Å². The van der Waals surface area contributed by atoms with Gasteiger partial charge in [-0.1, -0.05) is 30.5 Å². The van der Waals surface area contributed by atoms with E-state index in [-0.39, 0.29) is 23.6 Å². The Morgan fingerprint density at radius 3 is 2.27 bits per heavy atom. The number of benzene rings is 1. The van der Waals surface area contributed by atoms with Gasteiger partial charge in [0.05, 0.1) is 13.3 Å². The van der Waals surface area contributed by atoms with Crippen LogP contribution >= 0.6 is 0 Å². The van der Waals surface area contributed by atoms with Crippen LogP contribution < -0.4 is 15.5 Å². The molecule has 0 atom stereocenters. The maximum Gasteiger partial charge on any atom is 0.244 e. The number of anilines is 1. The molecule has 1 aliphatic rings. The predicted octanol–water partition coefficient (Wildman–Crippen LogP) is 3.80. The minimum atomic E-state index is -0.149. The van der Waals surface area contributed by atoms with Crippen molar-refractivity contribution in [2.75, 3.05) is 25.5 Å². The van der Waals surface area contributed by atoms with Crippen molar-refractivity contribution in [1.82, 2.24) is 9.47 Å². The summed E-state index contributed by atoms with van der Waals surface area (Å²) < 4.78 is 7.07. The van der Waals surface area contributed by atoms with Crippen LogP contribution in [0, 0.1) is 20.8 Å². The van der Waals surface area contributed by atoms with Gasteiger partial charge in [0.2, 0.25) is 11.3 Å². The summed E-state index contributed by atoms with van der Waals surface area (Å²) in [5, 5.41) is 3.05. The minimum absolute atomic E-state index is 0.118. The molecule has 6 heteroatoms. The van der Waals surface area contributed by atoms with Crippen LogP contribution in [0.4, 0.5) is 5.69 Å². The van der Waals surface area contributed by atoms with Gasteiger partial charge in [-0.3, -0.25) is 14.5 Å². The molecule has 0 aliphatic carbocycles. The molecule has 1 N–H and O–H groups in total. The second kappa shape index (κ2) is 9.94. The Labute approximate surface area is 178 Å². The largest absolute Gasteiger partial charge is 0.491 e. The fourth-order valence-electron chi connectivity index (χ4n) is 4.26. The highest BCUT2D eigenvalue weighted by Crippen LogP contribution is 2.22. The number of hydrogen-bond donors (Lipinski definition) is 1. The zero-order chi connectivity index (χ0) is 21.7. The third-order valence-electron chi connectivity index (χ3n) is 5.74. The number of amides is 1. The molecule has 0 spiro atoms. The van der Waals surface area contributed by atoms with Crippen molar-refractivity contribution in [2.45, 2.75) is 59.5 Å². The Kier molecular flexibility index (Phi) is 7.32. The van der Waals surface area contributed by atoms with Gasteiger partial charge in [0.1, 0.15) is 6.54 Å². The zero-order valence-corrected chi connectivity index (χ0v) is 18.6. The van der Waals surface area contributed by atoms with E-state index in [9.17, 15) is 9.59 Å². The molecule has 1 aromatic heterocycles. The first kappa shape index (κ1) is 22.1. The summed E-state index contributed by atoms with van der Waals surface area (Å²) in [5.41, 5.74) is 4.81. The lowest BCUT2D eigenvalue weighted by molar-refractivity contribution is -0.116. The quantitative estimate of drug-likeness (QED) is 0.785. The van der Waals surface area contributed by atoms with E-state index in [0.717, 1.165) is 35.6 Å². The molecule has 0 radical (unpaired) electrons. The van der Waals surface area contributed by atoms with Gasteiger partial charge in [-0.05, 0) is 57.8 Å². The highest BCUT2D eigenvalue weighted by molar-refractivity contribution is 5.92. The lowest BCUT2D eigenvalue weighted by atomic mass is 10.1. The number of pyridine rings is 1. The van der Waals surface area contributed by atoms with Crippen LogP contribution in [0.15, 0.2) is 29.2 Å². The standard InChI is InChI=1S/C24H33N3O3/c1-17-11-18(2)24(19(3)12-17)25-23(29)16-27-15-22(30-4)21(28)13-20(27)14-26-9-7-5-6-8-10-26/h11-13,15H,5-10,14,16H2,1-4H3,(H,25,29). The second-order valence-electron chi connectivity index (χ2n) is 8.34. The van der Waals surface area contributed by atoms with Crippen molar-refractivity contribution in [3.8, 4) is 5.75 Å². The van der Waals surface area contributed by atoms with Crippen LogP contribution in [-0.2, 0) is 17.9 Å². The third-order valence-corrected chi connectivity index (χ3v) is 5.74. The lowest BCUT2D eigenvalue weighted by Crippen LogP contribution is -2.29.